The number of nitrogens with one attached hydrogen (secondary N) is 1. The predicted molar refractivity (Wildman–Crippen MR) is 89.5 cm³/mol. The molecule has 0 aliphatic heterocycles. The Labute approximate surface area is 141 Å². The minimum Gasteiger partial charge on any atom is -0.346 e. The van der Waals surface area contributed by atoms with E-state index in [1.807, 2.05) is 0 Å². The van der Waals surface area contributed by atoms with Crippen molar-refractivity contribution in [2.24, 2.45) is 0 Å². The van der Waals surface area contributed by atoms with E-state index in [1.165, 1.54) is 16.8 Å². The molecule has 0 bridgehead atoms. The molecule has 0 unspecified atom stereocenters. The van der Waals surface area contributed by atoms with Gasteiger partial charge in [-0.3, -0.25) is 18.8 Å². The molecule has 1 amide bonds. The third-order valence-corrected chi connectivity index (χ3v) is 3.72. The molecule has 2 aromatic heterocycles. The summed E-state index contributed by atoms with van der Waals surface area (Å²) in [6, 6.07) is 10.1. The van der Waals surface area contributed by atoms with Gasteiger partial charge < -0.3 is 5.32 Å². The summed E-state index contributed by atoms with van der Waals surface area (Å²) in [4.78, 5) is 39.4. The lowest BCUT2D eigenvalue weighted by Crippen LogP contribution is -2.32. The molecule has 0 aliphatic rings. The highest BCUT2D eigenvalue weighted by Gasteiger charge is 2.14. The molecule has 7 heteroatoms. The van der Waals surface area contributed by atoms with Crippen molar-refractivity contribution >= 4 is 29.3 Å². The molecule has 1 N–H and O–H groups in total. The van der Waals surface area contributed by atoms with Crippen LogP contribution in [-0.2, 0) is 6.54 Å². The number of carbonyl (C=O) groups is 2. The second-order valence-electron chi connectivity index (χ2n) is 5.10. The first-order valence-corrected chi connectivity index (χ1v) is 7.45. The molecule has 1 aromatic carbocycles. The van der Waals surface area contributed by atoms with Crippen LogP contribution in [0.4, 0.5) is 0 Å². The molecule has 0 spiro atoms. The number of rotatable bonds is 4. The molecule has 0 aliphatic carbocycles. The van der Waals surface area contributed by atoms with Gasteiger partial charge in [0.15, 0.2) is 12.0 Å². The Balaban J connectivity index is 1.86. The van der Waals surface area contributed by atoms with Crippen LogP contribution in [0.25, 0.3) is 5.52 Å². The van der Waals surface area contributed by atoms with Gasteiger partial charge in [0.1, 0.15) is 0 Å². The van der Waals surface area contributed by atoms with Crippen LogP contribution < -0.4 is 10.9 Å². The van der Waals surface area contributed by atoms with Gasteiger partial charge in [-0.15, -0.1) is 0 Å². The number of carbonyl (C=O) groups excluding carboxylic acids is 2. The largest absolute Gasteiger partial charge is 0.346 e. The summed E-state index contributed by atoms with van der Waals surface area (Å²) >= 11 is 5.81. The molecule has 2 heterocycles. The predicted octanol–water partition coefficient (Wildman–Crippen LogP) is 2.09. The zero-order chi connectivity index (χ0) is 17.1. The number of halogens is 1. The number of hydrogen-bond acceptors (Lipinski definition) is 4. The van der Waals surface area contributed by atoms with Gasteiger partial charge in [-0.25, -0.2) is 4.98 Å². The standard InChI is InChI=1S/C17H12ClN3O3/c18-13-4-1-11(2-5-13)7-20-16(23)15-17(24)21-9-12(10-22)3-6-14(21)8-19-15/h1-6,8-10H,7H2,(H,20,23). The molecule has 6 nitrogen and oxygen atoms in total. The van der Waals surface area contributed by atoms with Gasteiger partial charge in [-0.1, -0.05) is 23.7 Å². The van der Waals surface area contributed by atoms with Crippen molar-refractivity contribution in [3.63, 3.8) is 0 Å². The van der Waals surface area contributed by atoms with Crippen molar-refractivity contribution in [3.05, 3.63) is 81.0 Å². The van der Waals surface area contributed by atoms with Gasteiger partial charge in [-0.2, -0.15) is 0 Å². The Morgan fingerprint density at radius 1 is 1.21 bits per heavy atom. The summed E-state index contributed by atoms with van der Waals surface area (Å²) in [5, 5.41) is 3.24. The number of hydrogen-bond donors (Lipinski definition) is 1. The normalized spacial score (nSPS) is 10.5. The van der Waals surface area contributed by atoms with Crippen LogP contribution in [-0.4, -0.2) is 21.6 Å². The highest BCUT2D eigenvalue weighted by Crippen LogP contribution is 2.09. The lowest BCUT2D eigenvalue weighted by Gasteiger charge is -2.06. The Kier molecular flexibility index (Phi) is 4.39. The first-order valence-electron chi connectivity index (χ1n) is 7.08. The second-order valence-corrected chi connectivity index (χ2v) is 5.53. The maximum Gasteiger partial charge on any atom is 0.286 e. The molecule has 3 rings (SSSR count). The lowest BCUT2D eigenvalue weighted by molar-refractivity contribution is 0.0944. The molecule has 0 radical (unpaired) electrons. The highest BCUT2D eigenvalue weighted by molar-refractivity contribution is 6.30. The molecule has 24 heavy (non-hydrogen) atoms. The number of fused-ring (bicyclic) bond motifs is 1. The quantitative estimate of drug-likeness (QED) is 0.737. The Morgan fingerprint density at radius 2 is 1.96 bits per heavy atom. The summed E-state index contributed by atoms with van der Waals surface area (Å²) in [7, 11) is 0. The van der Waals surface area contributed by atoms with E-state index in [0.717, 1.165) is 5.56 Å². The molecule has 0 fully saturated rings. The fourth-order valence-corrected chi connectivity index (χ4v) is 2.33. The van der Waals surface area contributed by atoms with Crippen LogP contribution in [0, 0.1) is 0 Å². The summed E-state index contributed by atoms with van der Waals surface area (Å²) in [5.74, 6) is -0.583. The average Bonchev–Trinajstić information content (AvgIpc) is 2.61. The minimum absolute atomic E-state index is 0.232. The molecule has 0 atom stereocenters. The van der Waals surface area contributed by atoms with Gasteiger partial charge in [0.2, 0.25) is 0 Å². The van der Waals surface area contributed by atoms with E-state index < -0.39 is 11.5 Å². The van der Waals surface area contributed by atoms with Gasteiger partial charge in [0.25, 0.3) is 11.5 Å². The molecule has 0 saturated carbocycles. The van der Waals surface area contributed by atoms with Crippen molar-refractivity contribution in [2.75, 3.05) is 0 Å². The molecule has 0 saturated heterocycles. The first kappa shape index (κ1) is 15.9. The third-order valence-electron chi connectivity index (χ3n) is 3.47. The first-order chi connectivity index (χ1) is 11.6. The van der Waals surface area contributed by atoms with E-state index in [1.54, 1.807) is 36.4 Å². The van der Waals surface area contributed by atoms with Crippen LogP contribution in [0.1, 0.15) is 26.4 Å². The molecular weight excluding hydrogens is 330 g/mol. The monoisotopic (exact) mass is 341 g/mol. The summed E-state index contributed by atoms with van der Waals surface area (Å²) in [6.45, 7) is 0.244. The molecular formula is C17H12ClN3O3. The maximum atomic E-state index is 12.4. The van der Waals surface area contributed by atoms with Gasteiger partial charge in [0.05, 0.1) is 11.7 Å². The van der Waals surface area contributed by atoms with Crippen LogP contribution in [0.15, 0.2) is 53.6 Å². The Morgan fingerprint density at radius 3 is 2.67 bits per heavy atom. The van der Waals surface area contributed by atoms with Crippen molar-refractivity contribution in [3.8, 4) is 0 Å². The zero-order valence-corrected chi connectivity index (χ0v) is 13.2. The van der Waals surface area contributed by atoms with Crippen molar-refractivity contribution in [1.82, 2.24) is 14.7 Å². The zero-order valence-electron chi connectivity index (χ0n) is 12.4. The minimum atomic E-state index is -0.583. The van der Waals surface area contributed by atoms with Crippen molar-refractivity contribution in [1.29, 1.82) is 0 Å². The smallest absolute Gasteiger partial charge is 0.286 e. The summed E-state index contributed by atoms with van der Waals surface area (Å²) in [5.41, 5.74) is 0.870. The van der Waals surface area contributed by atoms with Gasteiger partial charge >= 0.3 is 0 Å². The lowest BCUT2D eigenvalue weighted by atomic mass is 10.2. The number of pyridine rings is 1. The SMILES string of the molecule is O=Cc1ccc2cnc(C(=O)NCc3ccc(Cl)cc3)c(=O)n2c1. The summed E-state index contributed by atoms with van der Waals surface area (Å²) < 4.78 is 1.23. The van der Waals surface area contributed by atoms with E-state index in [2.05, 4.69) is 10.3 Å². The number of nitrogens with zero attached hydrogens (tertiary/aromatic N) is 2. The van der Waals surface area contributed by atoms with Crippen molar-refractivity contribution in [2.45, 2.75) is 6.54 Å². The van der Waals surface area contributed by atoms with Gasteiger partial charge in [0, 0.05) is 23.3 Å². The molecule has 3 aromatic rings. The van der Waals surface area contributed by atoms with Crippen LogP contribution >= 0.6 is 11.6 Å². The Bertz CT molecular complexity index is 981. The average molecular weight is 342 g/mol. The number of aldehydes is 1. The third kappa shape index (κ3) is 3.18. The van der Waals surface area contributed by atoms with Crippen LogP contribution in [0.3, 0.4) is 0 Å². The van der Waals surface area contributed by atoms with E-state index in [9.17, 15) is 14.4 Å². The van der Waals surface area contributed by atoms with Crippen LogP contribution in [0.2, 0.25) is 5.02 Å². The van der Waals surface area contributed by atoms with Crippen molar-refractivity contribution < 1.29 is 9.59 Å². The number of amides is 1. The highest BCUT2D eigenvalue weighted by atomic mass is 35.5. The van der Waals surface area contributed by atoms with Gasteiger partial charge in [-0.05, 0) is 29.8 Å². The maximum absolute atomic E-state index is 12.4. The number of aromatic nitrogens is 2. The topological polar surface area (TPSA) is 80.5 Å². The van der Waals surface area contributed by atoms with E-state index in [-0.39, 0.29) is 12.2 Å². The summed E-state index contributed by atoms with van der Waals surface area (Å²) in [6.07, 6.45) is 3.42. The molecule has 120 valence electrons. The fraction of sp³-hybridized carbons (Fsp3) is 0.0588. The Hall–Kier alpha value is -2.99. The van der Waals surface area contributed by atoms with E-state index in [4.69, 9.17) is 11.6 Å². The fourth-order valence-electron chi connectivity index (χ4n) is 2.20. The van der Waals surface area contributed by atoms with Crippen LogP contribution in [0.5, 0.6) is 0 Å². The van der Waals surface area contributed by atoms with E-state index in [0.29, 0.717) is 22.4 Å². The van der Waals surface area contributed by atoms with E-state index >= 15 is 0 Å². The second kappa shape index (κ2) is 6.64. The number of benzene rings is 1.